The van der Waals surface area contributed by atoms with Gasteiger partial charge in [0.15, 0.2) is 5.75 Å². The number of fused-ring (bicyclic) bond motifs is 1. The fourth-order valence-corrected chi connectivity index (χ4v) is 1.81. The van der Waals surface area contributed by atoms with Crippen molar-refractivity contribution in [3.63, 3.8) is 0 Å². The molecule has 80 valence electrons. The molecule has 1 aromatic carbocycles. The number of amides is 1. The second kappa shape index (κ2) is 3.91. The number of rotatable bonds is 0. The minimum Gasteiger partial charge on any atom is -0.486 e. The largest absolute Gasteiger partial charge is 0.486 e. The summed E-state index contributed by atoms with van der Waals surface area (Å²) in [5.74, 6) is 0.363. The number of halogens is 2. The molecule has 1 aliphatic rings. The Morgan fingerprint density at radius 2 is 2.20 bits per heavy atom. The van der Waals surface area contributed by atoms with E-state index < -0.39 is 0 Å². The van der Waals surface area contributed by atoms with Crippen molar-refractivity contribution >= 4 is 34.8 Å². The van der Waals surface area contributed by atoms with E-state index in [1.807, 2.05) is 6.92 Å². The van der Waals surface area contributed by atoms with Gasteiger partial charge in [0.1, 0.15) is 11.1 Å². The fourth-order valence-electron chi connectivity index (χ4n) is 1.45. The maximum Gasteiger partial charge on any atom is 0.228 e. The summed E-state index contributed by atoms with van der Waals surface area (Å²) in [6.07, 6.45) is 0.102. The highest BCUT2D eigenvalue weighted by Gasteiger charge is 2.22. The van der Waals surface area contributed by atoms with Crippen LogP contribution < -0.4 is 10.1 Å². The fraction of sp³-hybridized carbons (Fsp3) is 0.300. The number of carbonyl (C=O) groups is 1. The van der Waals surface area contributed by atoms with Crippen molar-refractivity contribution in [2.45, 2.75) is 19.4 Å². The average Bonchev–Trinajstić information content (AvgIpc) is 2.30. The summed E-state index contributed by atoms with van der Waals surface area (Å²) in [5.41, 5.74) is 0.568. The third-order valence-electron chi connectivity index (χ3n) is 2.12. The van der Waals surface area contributed by atoms with Crippen LogP contribution in [-0.4, -0.2) is 12.0 Å². The van der Waals surface area contributed by atoms with Crippen molar-refractivity contribution in [3.05, 3.63) is 22.2 Å². The van der Waals surface area contributed by atoms with E-state index in [-0.39, 0.29) is 12.0 Å². The molecule has 15 heavy (non-hydrogen) atoms. The number of carbonyl (C=O) groups excluding carboxylic acids is 1. The Labute approximate surface area is 97.3 Å². The van der Waals surface area contributed by atoms with Gasteiger partial charge in [-0.25, -0.2) is 0 Å². The summed E-state index contributed by atoms with van der Waals surface area (Å²) < 4.78 is 5.54. The highest BCUT2D eigenvalue weighted by Crippen LogP contribution is 2.40. The van der Waals surface area contributed by atoms with E-state index in [1.54, 1.807) is 12.1 Å². The molecule has 5 heteroatoms. The summed E-state index contributed by atoms with van der Waals surface area (Å²) in [6, 6.07) is 3.31. The molecule has 1 aromatic rings. The van der Waals surface area contributed by atoms with Crippen LogP contribution in [0.2, 0.25) is 10.0 Å². The van der Waals surface area contributed by atoms with Gasteiger partial charge in [-0.2, -0.15) is 0 Å². The van der Waals surface area contributed by atoms with Crippen LogP contribution in [0.5, 0.6) is 5.75 Å². The van der Waals surface area contributed by atoms with E-state index in [9.17, 15) is 4.79 Å². The van der Waals surface area contributed by atoms with Gasteiger partial charge in [0.25, 0.3) is 0 Å². The molecular formula is C10H9Cl2NO2. The van der Waals surface area contributed by atoms with Gasteiger partial charge < -0.3 is 10.1 Å². The standard InChI is InChI=1S/C10H9Cl2NO2/c1-5-4-8(14)13-7-3-2-6(11)9(12)10(7)15-5/h2-3,5H,4H2,1H3,(H,13,14). The van der Waals surface area contributed by atoms with E-state index in [1.165, 1.54) is 0 Å². The molecule has 1 unspecified atom stereocenters. The molecule has 0 saturated carbocycles. The zero-order valence-corrected chi connectivity index (χ0v) is 9.52. The molecule has 3 nitrogen and oxygen atoms in total. The van der Waals surface area contributed by atoms with Gasteiger partial charge >= 0.3 is 0 Å². The Bertz CT molecular complexity index is 420. The van der Waals surface area contributed by atoms with Crippen LogP contribution >= 0.6 is 23.2 Å². The van der Waals surface area contributed by atoms with Crippen LogP contribution in [0.4, 0.5) is 5.69 Å². The maximum absolute atomic E-state index is 11.4. The third-order valence-corrected chi connectivity index (χ3v) is 2.90. The first-order valence-electron chi connectivity index (χ1n) is 4.52. The lowest BCUT2D eigenvalue weighted by molar-refractivity contribution is -0.117. The molecule has 0 radical (unpaired) electrons. The number of benzene rings is 1. The first kappa shape index (κ1) is 10.6. The van der Waals surface area contributed by atoms with Crippen LogP contribution in [0.25, 0.3) is 0 Å². The predicted octanol–water partition coefficient (Wildman–Crippen LogP) is 3.10. The van der Waals surface area contributed by atoms with Crippen LogP contribution in [0.3, 0.4) is 0 Å². The number of ether oxygens (including phenoxy) is 1. The number of hydrogen-bond donors (Lipinski definition) is 1. The van der Waals surface area contributed by atoms with E-state index in [2.05, 4.69) is 5.32 Å². The average molecular weight is 246 g/mol. The summed E-state index contributed by atoms with van der Waals surface area (Å²) in [4.78, 5) is 11.4. The molecule has 1 aliphatic heterocycles. The van der Waals surface area contributed by atoms with Gasteiger partial charge in [-0.1, -0.05) is 23.2 Å². The van der Waals surface area contributed by atoms with Gasteiger partial charge in [0.2, 0.25) is 5.91 Å². The Hall–Kier alpha value is -0.930. The molecule has 0 aliphatic carbocycles. The van der Waals surface area contributed by atoms with Crippen LogP contribution in [0.1, 0.15) is 13.3 Å². The van der Waals surface area contributed by atoms with Crippen molar-refractivity contribution < 1.29 is 9.53 Å². The second-order valence-corrected chi connectivity index (χ2v) is 4.20. The Kier molecular flexibility index (Phi) is 2.76. The molecule has 0 spiro atoms. The lowest BCUT2D eigenvalue weighted by atomic mass is 10.3. The molecule has 1 atom stereocenters. The van der Waals surface area contributed by atoms with Crippen molar-refractivity contribution in [1.82, 2.24) is 0 Å². The first-order chi connectivity index (χ1) is 7.08. The van der Waals surface area contributed by atoms with E-state index in [0.29, 0.717) is 27.9 Å². The van der Waals surface area contributed by atoms with E-state index in [4.69, 9.17) is 27.9 Å². The van der Waals surface area contributed by atoms with Crippen molar-refractivity contribution in [2.24, 2.45) is 0 Å². The van der Waals surface area contributed by atoms with Crippen molar-refractivity contribution in [2.75, 3.05) is 5.32 Å². The summed E-state index contributed by atoms with van der Waals surface area (Å²) in [7, 11) is 0. The lowest BCUT2D eigenvalue weighted by Crippen LogP contribution is -2.17. The second-order valence-electron chi connectivity index (χ2n) is 3.42. The number of nitrogens with one attached hydrogen (secondary N) is 1. The number of hydrogen-bond acceptors (Lipinski definition) is 2. The van der Waals surface area contributed by atoms with Gasteiger partial charge in [0.05, 0.1) is 17.1 Å². The molecular weight excluding hydrogens is 237 g/mol. The minimum atomic E-state index is -0.206. The monoisotopic (exact) mass is 245 g/mol. The van der Waals surface area contributed by atoms with Crippen molar-refractivity contribution in [3.8, 4) is 5.75 Å². The van der Waals surface area contributed by atoms with Crippen LogP contribution in [0.15, 0.2) is 12.1 Å². The molecule has 1 N–H and O–H groups in total. The Balaban J connectivity index is 2.51. The van der Waals surface area contributed by atoms with E-state index >= 15 is 0 Å². The lowest BCUT2D eigenvalue weighted by Gasteiger charge is -2.13. The topological polar surface area (TPSA) is 38.3 Å². The zero-order valence-electron chi connectivity index (χ0n) is 8.01. The first-order valence-corrected chi connectivity index (χ1v) is 5.28. The highest BCUT2D eigenvalue weighted by molar-refractivity contribution is 6.43. The predicted molar refractivity (Wildman–Crippen MR) is 59.8 cm³/mol. The number of anilines is 1. The smallest absolute Gasteiger partial charge is 0.228 e. The summed E-state index contributed by atoms with van der Waals surface area (Å²) in [6.45, 7) is 1.81. The molecule has 1 amide bonds. The van der Waals surface area contributed by atoms with E-state index in [0.717, 1.165) is 0 Å². The zero-order chi connectivity index (χ0) is 11.0. The van der Waals surface area contributed by atoms with Gasteiger partial charge in [0, 0.05) is 0 Å². The van der Waals surface area contributed by atoms with Gasteiger partial charge in [-0.05, 0) is 19.1 Å². The molecule has 0 aromatic heterocycles. The van der Waals surface area contributed by atoms with Crippen molar-refractivity contribution in [1.29, 1.82) is 0 Å². The molecule has 0 bridgehead atoms. The SMILES string of the molecule is CC1CC(=O)Nc2ccc(Cl)c(Cl)c2O1. The van der Waals surface area contributed by atoms with Gasteiger partial charge in [-0.3, -0.25) is 4.79 Å². The van der Waals surface area contributed by atoms with Crippen LogP contribution in [0, 0.1) is 0 Å². The molecule has 0 fully saturated rings. The van der Waals surface area contributed by atoms with Crippen LogP contribution in [-0.2, 0) is 4.79 Å². The summed E-state index contributed by atoms with van der Waals surface area (Å²) >= 11 is 11.8. The quantitative estimate of drug-likeness (QED) is 0.763. The highest BCUT2D eigenvalue weighted by atomic mass is 35.5. The molecule has 2 rings (SSSR count). The minimum absolute atomic E-state index is 0.0837. The Morgan fingerprint density at radius 1 is 1.47 bits per heavy atom. The maximum atomic E-state index is 11.4. The van der Waals surface area contributed by atoms with Gasteiger partial charge in [-0.15, -0.1) is 0 Å². The third kappa shape index (κ3) is 2.03. The Morgan fingerprint density at radius 3 is 2.93 bits per heavy atom. The molecule has 1 heterocycles. The molecule has 0 saturated heterocycles. The summed E-state index contributed by atoms with van der Waals surface area (Å²) in [5, 5.41) is 3.47. The normalized spacial score (nSPS) is 19.9.